The molecule has 2 rings (SSSR count). The second-order valence-electron chi connectivity index (χ2n) is 4.20. The van der Waals surface area contributed by atoms with E-state index in [0.717, 1.165) is 10.5 Å². The summed E-state index contributed by atoms with van der Waals surface area (Å²) in [5, 5.41) is 0. The second kappa shape index (κ2) is 6.56. The first-order valence-electron chi connectivity index (χ1n) is 5.56. The molecule has 0 saturated carbocycles. The summed E-state index contributed by atoms with van der Waals surface area (Å²) in [6, 6.07) is 6.81. The quantitative estimate of drug-likeness (QED) is 0.684. The van der Waals surface area contributed by atoms with E-state index in [1.54, 1.807) is 24.3 Å². The predicted octanol–water partition coefficient (Wildman–Crippen LogP) is -0.253. The van der Waals surface area contributed by atoms with E-state index < -0.39 is 19.3 Å². The van der Waals surface area contributed by atoms with Crippen LogP contribution in [0.25, 0.3) is 0 Å². The molecule has 2 nitrogen and oxygen atoms in total. The van der Waals surface area contributed by atoms with E-state index in [1.807, 2.05) is 0 Å². The van der Waals surface area contributed by atoms with Crippen molar-refractivity contribution in [3.63, 3.8) is 0 Å². The normalized spacial score (nSPS) is 15.7. The standard InChI is InChI=1S/C11H12BF3NO.K/c13-12(14,15)8-16-10-6-2-1-4-9(10)5-3-7-11(16)17;/h1-2,4,6H,3,5,7-8H2;/q-1;+1. The fraction of sp³-hybridized carbons (Fsp3) is 0.364. The zero-order valence-electron chi connectivity index (χ0n) is 10.2. The van der Waals surface area contributed by atoms with Gasteiger partial charge in [-0.05, 0) is 30.9 Å². The Hall–Kier alpha value is 0.181. The molecule has 1 heterocycles. The molecule has 1 amide bonds. The number of amides is 1. The Bertz CT molecular complexity index is 439. The van der Waals surface area contributed by atoms with Gasteiger partial charge in [0.15, 0.2) is 0 Å². The molecule has 0 aromatic heterocycles. The molecule has 1 aliphatic rings. The number of nitrogens with zero attached hydrogens (tertiary/aromatic N) is 1. The number of para-hydroxylation sites is 1. The SMILES string of the molecule is O=C1CCCc2ccccc2N1C[B-](F)(F)F.[K+]. The summed E-state index contributed by atoms with van der Waals surface area (Å²) in [5.41, 5.74) is 1.23. The van der Waals surface area contributed by atoms with Gasteiger partial charge in [0.25, 0.3) is 0 Å². The maximum absolute atomic E-state index is 12.5. The first-order valence-corrected chi connectivity index (χ1v) is 5.56. The minimum Gasteiger partial charge on any atom is -0.448 e. The van der Waals surface area contributed by atoms with Crippen LogP contribution in [0.3, 0.4) is 0 Å². The van der Waals surface area contributed by atoms with Crippen LogP contribution in [0.4, 0.5) is 18.6 Å². The number of hydrogen-bond donors (Lipinski definition) is 0. The minimum absolute atomic E-state index is 0. The number of hydrogen-bond acceptors (Lipinski definition) is 1. The number of anilines is 1. The van der Waals surface area contributed by atoms with Crippen LogP contribution in [0, 0.1) is 0 Å². The Morgan fingerprint density at radius 1 is 1.17 bits per heavy atom. The van der Waals surface area contributed by atoms with E-state index in [-0.39, 0.29) is 57.8 Å². The third-order valence-electron chi connectivity index (χ3n) is 2.81. The van der Waals surface area contributed by atoms with Crippen LogP contribution in [-0.4, -0.2) is 19.3 Å². The summed E-state index contributed by atoms with van der Waals surface area (Å²) >= 11 is 0. The summed E-state index contributed by atoms with van der Waals surface area (Å²) in [6.07, 6.45) is 0.303. The van der Waals surface area contributed by atoms with Crippen molar-refractivity contribution in [2.75, 3.05) is 11.3 Å². The summed E-state index contributed by atoms with van der Waals surface area (Å²) < 4.78 is 37.5. The van der Waals surface area contributed by atoms with Crippen molar-refractivity contribution in [1.82, 2.24) is 0 Å². The van der Waals surface area contributed by atoms with Crippen LogP contribution in [0.15, 0.2) is 24.3 Å². The van der Waals surface area contributed by atoms with Crippen molar-refractivity contribution in [2.24, 2.45) is 0 Å². The van der Waals surface area contributed by atoms with Crippen LogP contribution >= 0.6 is 0 Å². The van der Waals surface area contributed by atoms with Gasteiger partial charge in [0, 0.05) is 12.1 Å². The number of carbonyl (C=O) groups excluding carboxylic acids is 1. The van der Waals surface area contributed by atoms with E-state index in [4.69, 9.17) is 0 Å². The molecule has 0 bridgehead atoms. The zero-order valence-corrected chi connectivity index (χ0v) is 13.3. The van der Waals surface area contributed by atoms with Crippen LogP contribution in [0.5, 0.6) is 0 Å². The molecule has 0 N–H and O–H groups in total. The molecule has 18 heavy (non-hydrogen) atoms. The monoisotopic (exact) mass is 281 g/mol. The predicted molar refractivity (Wildman–Crippen MR) is 60.8 cm³/mol. The summed E-state index contributed by atoms with van der Waals surface area (Å²) in [7, 11) is 0. The van der Waals surface area contributed by atoms with Crippen molar-refractivity contribution in [3.05, 3.63) is 29.8 Å². The summed E-state index contributed by atoms with van der Waals surface area (Å²) in [5.74, 6) is -0.436. The molecule has 7 heteroatoms. The smallest absolute Gasteiger partial charge is 0.448 e. The van der Waals surface area contributed by atoms with Gasteiger partial charge in [0.05, 0.1) is 0 Å². The van der Waals surface area contributed by atoms with Crippen LogP contribution in [-0.2, 0) is 11.2 Å². The first kappa shape index (κ1) is 16.2. The van der Waals surface area contributed by atoms with Crippen LogP contribution in [0.1, 0.15) is 18.4 Å². The van der Waals surface area contributed by atoms with Crippen molar-refractivity contribution in [3.8, 4) is 0 Å². The molecule has 1 aromatic rings. The van der Waals surface area contributed by atoms with Gasteiger partial charge in [-0.3, -0.25) is 4.79 Å². The Balaban J connectivity index is 0.00000162. The molecule has 0 saturated heterocycles. The van der Waals surface area contributed by atoms with Crippen molar-refractivity contribution in [2.45, 2.75) is 19.3 Å². The number of carbonyl (C=O) groups is 1. The summed E-state index contributed by atoms with van der Waals surface area (Å²) in [4.78, 5) is 12.6. The third-order valence-corrected chi connectivity index (χ3v) is 2.81. The van der Waals surface area contributed by atoms with Crippen molar-refractivity contribution >= 4 is 18.6 Å². The third kappa shape index (κ3) is 4.09. The van der Waals surface area contributed by atoms with Gasteiger partial charge in [-0.1, -0.05) is 18.2 Å². The van der Waals surface area contributed by atoms with Crippen molar-refractivity contribution in [1.29, 1.82) is 0 Å². The summed E-state index contributed by atoms with van der Waals surface area (Å²) in [6.45, 7) is -5.00. The molecule has 92 valence electrons. The molecule has 0 unspecified atom stereocenters. The Morgan fingerprint density at radius 3 is 2.50 bits per heavy atom. The number of halogens is 3. The maximum Gasteiger partial charge on any atom is 1.00 e. The van der Waals surface area contributed by atoms with Gasteiger partial charge >= 0.3 is 58.4 Å². The molecular weight excluding hydrogens is 269 g/mol. The van der Waals surface area contributed by atoms with Crippen molar-refractivity contribution < 1.29 is 69.1 Å². The number of aryl methyl sites for hydroxylation is 1. The number of benzene rings is 1. The Labute approximate surface area is 146 Å². The molecule has 0 atom stereocenters. The average Bonchev–Trinajstić information content (AvgIpc) is 2.38. The molecular formula is C11H12BF3KNO. The van der Waals surface area contributed by atoms with Gasteiger partial charge in [-0.2, -0.15) is 0 Å². The zero-order chi connectivity index (χ0) is 12.5. The fourth-order valence-electron chi connectivity index (χ4n) is 2.09. The first-order chi connectivity index (χ1) is 7.97. The van der Waals surface area contributed by atoms with E-state index >= 15 is 0 Å². The van der Waals surface area contributed by atoms with Gasteiger partial charge in [-0.15, -0.1) is 0 Å². The molecule has 1 aromatic carbocycles. The molecule has 0 aliphatic carbocycles. The minimum atomic E-state index is -5.00. The number of rotatable bonds is 2. The number of fused-ring (bicyclic) bond motifs is 1. The van der Waals surface area contributed by atoms with Gasteiger partial charge in [0.2, 0.25) is 5.91 Å². The average molecular weight is 281 g/mol. The topological polar surface area (TPSA) is 20.3 Å². The van der Waals surface area contributed by atoms with Crippen LogP contribution < -0.4 is 56.3 Å². The Kier molecular flexibility index (Phi) is 5.92. The molecule has 0 radical (unpaired) electrons. The van der Waals surface area contributed by atoms with E-state index in [2.05, 4.69) is 0 Å². The van der Waals surface area contributed by atoms with E-state index in [9.17, 15) is 17.7 Å². The van der Waals surface area contributed by atoms with Gasteiger partial charge in [0.1, 0.15) is 0 Å². The van der Waals surface area contributed by atoms with Crippen LogP contribution in [0.2, 0.25) is 0 Å². The maximum atomic E-state index is 12.5. The van der Waals surface area contributed by atoms with Gasteiger partial charge in [-0.25, -0.2) is 0 Å². The van der Waals surface area contributed by atoms with E-state index in [1.165, 1.54) is 0 Å². The molecule has 1 aliphatic heterocycles. The molecule has 0 fully saturated rings. The fourth-order valence-corrected chi connectivity index (χ4v) is 2.09. The second-order valence-corrected chi connectivity index (χ2v) is 4.20. The van der Waals surface area contributed by atoms with E-state index in [0.29, 0.717) is 18.5 Å². The van der Waals surface area contributed by atoms with Gasteiger partial charge < -0.3 is 17.8 Å². The Morgan fingerprint density at radius 2 is 1.83 bits per heavy atom. The molecule has 0 spiro atoms. The largest absolute Gasteiger partial charge is 1.00 e.